The lowest BCUT2D eigenvalue weighted by molar-refractivity contribution is -0.144. The maximum absolute atomic E-state index is 13.1. The van der Waals surface area contributed by atoms with E-state index in [0.717, 1.165) is 18.9 Å². The largest absolute Gasteiger partial charge is 0.466 e. The maximum atomic E-state index is 13.1. The van der Waals surface area contributed by atoms with Crippen LogP contribution in [0.2, 0.25) is 0 Å². The number of hydrogen-bond acceptors (Lipinski definition) is 4. The lowest BCUT2D eigenvalue weighted by Crippen LogP contribution is -2.10. The van der Waals surface area contributed by atoms with E-state index in [0.29, 0.717) is 13.0 Å². The minimum Gasteiger partial charge on any atom is -0.466 e. The van der Waals surface area contributed by atoms with Gasteiger partial charge in [-0.1, -0.05) is 109 Å². The molecular formula is C29H47FO4. The number of unbranched alkanes of at least 4 members (excludes halogenated alkanes) is 15. The second kappa shape index (κ2) is 21.6. The average molecular weight is 479 g/mol. The van der Waals surface area contributed by atoms with E-state index in [4.69, 9.17) is 9.47 Å². The molecule has 0 saturated heterocycles. The highest BCUT2D eigenvalue weighted by Gasteiger charge is 2.09. The molecule has 0 saturated carbocycles. The highest BCUT2D eigenvalue weighted by molar-refractivity contribution is 5.74. The summed E-state index contributed by atoms with van der Waals surface area (Å²) in [5.74, 6) is -1.03. The van der Waals surface area contributed by atoms with Gasteiger partial charge in [-0.05, 0) is 25.0 Å². The Labute approximate surface area is 207 Å². The zero-order chi connectivity index (χ0) is 24.7. The van der Waals surface area contributed by atoms with Crippen molar-refractivity contribution in [2.24, 2.45) is 0 Å². The third kappa shape index (κ3) is 18.5. The fourth-order valence-corrected chi connectivity index (χ4v) is 4.00. The van der Waals surface area contributed by atoms with E-state index in [2.05, 4.69) is 6.92 Å². The molecule has 4 nitrogen and oxygen atoms in total. The second-order valence-electron chi connectivity index (χ2n) is 9.31. The van der Waals surface area contributed by atoms with Crippen LogP contribution in [0.25, 0.3) is 0 Å². The molecule has 0 bridgehead atoms. The van der Waals surface area contributed by atoms with Crippen molar-refractivity contribution < 1.29 is 23.5 Å². The molecule has 0 unspecified atom stereocenters. The molecule has 0 fully saturated rings. The summed E-state index contributed by atoms with van der Waals surface area (Å²) in [5.41, 5.74) is 0. The van der Waals surface area contributed by atoms with E-state index in [1.54, 1.807) is 0 Å². The predicted molar refractivity (Wildman–Crippen MR) is 136 cm³/mol. The van der Waals surface area contributed by atoms with Crippen molar-refractivity contribution in [3.63, 3.8) is 0 Å². The Bertz CT molecular complexity index is 647. The Kier molecular flexibility index (Phi) is 19.1. The van der Waals surface area contributed by atoms with Gasteiger partial charge in [0.25, 0.3) is 0 Å². The number of halogens is 1. The summed E-state index contributed by atoms with van der Waals surface area (Å²) in [5, 5.41) is 0. The molecule has 0 amide bonds. The van der Waals surface area contributed by atoms with Crippen LogP contribution in [-0.4, -0.2) is 18.5 Å². The van der Waals surface area contributed by atoms with Crippen LogP contribution >= 0.6 is 0 Å². The van der Waals surface area contributed by atoms with Crippen LogP contribution in [-0.2, 0) is 14.3 Å². The smallest absolute Gasteiger partial charge is 0.311 e. The molecular weight excluding hydrogens is 431 g/mol. The van der Waals surface area contributed by atoms with Gasteiger partial charge in [-0.3, -0.25) is 9.59 Å². The van der Waals surface area contributed by atoms with E-state index in [1.165, 1.54) is 108 Å². The number of benzene rings is 1. The third-order valence-electron chi connectivity index (χ3n) is 6.05. The van der Waals surface area contributed by atoms with Gasteiger partial charge in [0, 0.05) is 18.9 Å². The lowest BCUT2D eigenvalue weighted by Gasteiger charge is -2.06. The molecule has 1 aromatic carbocycles. The average Bonchev–Trinajstić information content (AvgIpc) is 2.81. The first-order valence-corrected chi connectivity index (χ1v) is 13.7. The lowest BCUT2D eigenvalue weighted by atomic mass is 10.0. The molecule has 194 valence electrons. The standard InChI is InChI=1S/C29H47FO4/c1-2-3-4-5-6-7-8-9-10-11-12-13-14-15-16-17-24-33-28(31)22-19-23-29(32)34-27-21-18-20-26(30)25-27/h18,20-21,25H,2-17,19,22-24H2,1H3. The number of rotatable bonds is 22. The summed E-state index contributed by atoms with van der Waals surface area (Å²) in [6, 6.07) is 5.44. The maximum Gasteiger partial charge on any atom is 0.311 e. The van der Waals surface area contributed by atoms with Crippen molar-refractivity contribution >= 4 is 11.9 Å². The number of hydrogen-bond donors (Lipinski definition) is 0. The van der Waals surface area contributed by atoms with Gasteiger partial charge < -0.3 is 9.47 Å². The van der Waals surface area contributed by atoms with Gasteiger partial charge in [0.1, 0.15) is 11.6 Å². The van der Waals surface area contributed by atoms with Gasteiger partial charge in [-0.2, -0.15) is 0 Å². The van der Waals surface area contributed by atoms with E-state index in [1.807, 2.05) is 0 Å². The molecule has 0 spiro atoms. The van der Waals surface area contributed by atoms with Crippen molar-refractivity contribution in [2.75, 3.05) is 6.61 Å². The van der Waals surface area contributed by atoms with E-state index in [-0.39, 0.29) is 24.6 Å². The molecule has 0 radical (unpaired) electrons. The van der Waals surface area contributed by atoms with Crippen molar-refractivity contribution in [2.45, 2.75) is 129 Å². The third-order valence-corrected chi connectivity index (χ3v) is 6.05. The van der Waals surface area contributed by atoms with E-state index < -0.39 is 11.8 Å². The molecule has 1 rings (SSSR count). The van der Waals surface area contributed by atoms with Gasteiger partial charge in [-0.25, -0.2) is 4.39 Å². The molecule has 34 heavy (non-hydrogen) atoms. The van der Waals surface area contributed by atoms with Crippen molar-refractivity contribution in [1.82, 2.24) is 0 Å². The molecule has 5 heteroatoms. The molecule has 0 atom stereocenters. The first kappa shape index (κ1) is 30.1. The van der Waals surface area contributed by atoms with E-state index in [9.17, 15) is 14.0 Å². The SMILES string of the molecule is CCCCCCCCCCCCCCCCCCOC(=O)CCCC(=O)Oc1cccc(F)c1. The summed E-state index contributed by atoms with van der Waals surface area (Å²) in [6.07, 6.45) is 21.7. The van der Waals surface area contributed by atoms with Crippen LogP contribution in [0.1, 0.15) is 129 Å². The molecule has 1 aromatic rings. The number of carbonyl (C=O) groups excluding carboxylic acids is 2. The fourth-order valence-electron chi connectivity index (χ4n) is 4.00. The van der Waals surface area contributed by atoms with Gasteiger partial charge in [-0.15, -0.1) is 0 Å². The van der Waals surface area contributed by atoms with Crippen LogP contribution in [0.3, 0.4) is 0 Å². The minimum atomic E-state index is -0.476. The monoisotopic (exact) mass is 478 g/mol. The highest BCUT2D eigenvalue weighted by atomic mass is 19.1. The Hall–Kier alpha value is -1.91. The number of carbonyl (C=O) groups is 2. The van der Waals surface area contributed by atoms with Crippen LogP contribution in [0.15, 0.2) is 24.3 Å². The summed E-state index contributed by atoms with van der Waals surface area (Å²) in [6.45, 7) is 2.72. The van der Waals surface area contributed by atoms with Crippen molar-refractivity contribution in [3.8, 4) is 5.75 Å². The van der Waals surface area contributed by atoms with Crippen molar-refractivity contribution in [3.05, 3.63) is 30.1 Å². The predicted octanol–water partition coefficient (Wildman–Crippen LogP) is 8.71. The topological polar surface area (TPSA) is 52.6 Å². The number of esters is 2. The summed E-state index contributed by atoms with van der Waals surface area (Å²) >= 11 is 0. The van der Waals surface area contributed by atoms with Gasteiger partial charge in [0.05, 0.1) is 6.61 Å². The van der Waals surface area contributed by atoms with Crippen LogP contribution in [0, 0.1) is 5.82 Å². The van der Waals surface area contributed by atoms with Gasteiger partial charge in [0.15, 0.2) is 0 Å². The molecule has 0 N–H and O–H groups in total. The Morgan fingerprint density at radius 1 is 0.676 bits per heavy atom. The molecule has 0 aliphatic rings. The Morgan fingerprint density at radius 3 is 1.71 bits per heavy atom. The summed E-state index contributed by atoms with van der Waals surface area (Å²) in [4.78, 5) is 23.5. The normalized spacial score (nSPS) is 10.9. The Morgan fingerprint density at radius 2 is 1.18 bits per heavy atom. The molecule has 0 aromatic heterocycles. The summed E-state index contributed by atoms with van der Waals surface area (Å²) < 4.78 is 23.4. The Balaban J connectivity index is 1.81. The van der Waals surface area contributed by atoms with Crippen LogP contribution in [0.5, 0.6) is 5.75 Å². The number of ether oxygens (including phenoxy) is 2. The fraction of sp³-hybridized carbons (Fsp3) is 0.724. The van der Waals surface area contributed by atoms with Gasteiger partial charge in [0.2, 0.25) is 0 Å². The first-order valence-electron chi connectivity index (χ1n) is 13.7. The van der Waals surface area contributed by atoms with Crippen LogP contribution in [0.4, 0.5) is 4.39 Å². The zero-order valence-electron chi connectivity index (χ0n) is 21.5. The van der Waals surface area contributed by atoms with Crippen LogP contribution < -0.4 is 4.74 Å². The zero-order valence-corrected chi connectivity index (χ0v) is 21.5. The van der Waals surface area contributed by atoms with E-state index >= 15 is 0 Å². The second-order valence-corrected chi connectivity index (χ2v) is 9.31. The minimum absolute atomic E-state index is 0.102. The van der Waals surface area contributed by atoms with Gasteiger partial charge >= 0.3 is 11.9 Å². The first-order chi connectivity index (χ1) is 16.6. The van der Waals surface area contributed by atoms with Crippen molar-refractivity contribution in [1.29, 1.82) is 0 Å². The quantitative estimate of drug-likeness (QED) is 0.0950. The molecule has 0 heterocycles. The molecule has 0 aliphatic carbocycles. The summed E-state index contributed by atoms with van der Waals surface area (Å²) in [7, 11) is 0. The highest BCUT2D eigenvalue weighted by Crippen LogP contribution is 2.15. The molecule has 0 aliphatic heterocycles.